The molecule has 0 unspecified atom stereocenters. The number of piperidine rings is 1. The number of nitrogens with one attached hydrogen (secondary N) is 2. The fraction of sp³-hybridized carbons (Fsp3) is 0.500. The van der Waals surface area contributed by atoms with Crippen molar-refractivity contribution in [1.82, 2.24) is 15.5 Å². The second kappa shape index (κ2) is 12.4. The predicted octanol–water partition coefficient (Wildman–Crippen LogP) is 4.91. The molecule has 0 bridgehead atoms. The summed E-state index contributed by atoms with van der Waals surface area (Å²) in [6, 6.07) is 14.4. The summed E-state index contributed by atoms with van der Waals surface area (Å²) in [5.74, 6) is 0.645. The first kappa shape index (κ1) is 27.0. The molecule has 0 radical (unpaired) electrons. The topological polar surface area (TPSA) is 70.7 Å². The second-order valence-corrected chi connectivity index (χ2v) is 10.8. The predicted molar refractivity (Wildman–Crippen MR) is 141 cm³/mol. The fourth-order valence-electron chi connectivity index (χ4n) is 4.33. The van der Waals surface area contributed by atoms with Crippen molar-refractivity contribution in [2.75, 3.05) is 26.2 Å². The van der Waals surface area contributed by atoms with Crippen molar-refractivity contribution >= 4 is 23.4 Å². The van der Waals surface area contributed by atoms with E-state index >= 15 is 0 Å². The number of hydrogen-bond donors (Lipinski definition) is 2. The Labute approximate surface area is 214 Å². The molecule has 2 aromatic rings. The molecule has 1 aliphatic rings. The molecule has 190 valence electrons. The largest absolute Gasteiger partial charge is 0.494 e. The van der Waals surface area contributed by atoms with Crippen LogP contribution in [-0.4, -0.2) is 49.0 Å². The molecule has 0 aromatic heterocycles. The van der Waals surface area contributed by atoms with Gasteiger partial charge in [0.15, 0.2) is 0 Å². The number of benzene rings is 2. The Bertz CT molecular complexity index is 980. The van der Waals surface area contributed by atoms with Gasteiger partial charge in [0.2, 0.25) is 5.91 Å². The molecule has 0 aliphatic carbocycles. The van der Waals surface area contributed by atoms with Crippen LogP contribution in [-0.2, 0) is 11.3 Å². The molecule has 35 heavy (non-hydrogen) atoms. The average molecular weight is 500 g/mol. The lowest BCUT2D eigenvalue weighted by molar-refractivity contribution is -0.125. The van der Waals surface area contributed by atoms with E-state index in [1.165, 1.54) is 5.56 Å². The van der Waals surface area contributed by atoms with Crippen LogP contribution in [0.2, 0.25) is 5.02 Å². The lowest BCUT2D eigenvalue weighted by Crippen LogP contribution is -2.54. The van der Waals surface area contributed by atoms with Crippen LogP contribution in [0.5, 0.6) is 5.75 Å². The zero-order valence-electron chi connectivity index (χ0n) is 21.3. The van der Waals surface area contributed by atoms with Crippen molar-refractivity contribution < 1.29 is 14.3 Å². The summed E-state index contributed by atoms with van der Waals surface area (Å²) in [7, 11) is 0. The molecule has 2 amide bonds. The van der Waals surface area contributed by atoms with Crippen LogP contribution < -0.4 is 15.4 Å². The normalized spacial score (nSPS) is 15.9. The summed E-state index contributed by atoms with van der Waals surface area (Å²) >= 11 is 5.98. The van der Waals surface area contributed by atoms with Crippen LogP contribution in [0.4, 0.5) is 0 Å². The van der Waals surface area contributed by atoms with Crippen LogP contribution in [0, 0.1) is 11.3 Å². The van der Waals surface area contributed by atoms with Gasteiger partial charge in [-0.15, -0.1) is 0 Å². The van der Waals surface area contributed by atoms with E-state index in [0.717, 1.165) is 37.5 Å². The molecular formula is C28H38ClN3O3. The number of hydrogen-bond acceptors (Lipinski definition) is 4. The summed E-state index contributed by atoms with van der Waals surface area (Å²) in [6.07, 6.45) is 2.06. The number of nitrogens with zero attached hydrogens (tertiary/aromatic N) is 1. The van der Waals surface area contributed by atoms with E-state index in [0.29, 0.717) is 30.4 Å². The molecule has 7 heteroatoms. The quantitative estimate of drug-likeness (QED) is 0.514. The van der Waals surface area contributed by atoms with Crippen molar-refractivity contribution in [2.45, 2.75) is 53.1 Å². The van der Waals surface area contributed by atoms with Crippen molar-refractivity contribution in [2.24, 2.45) is 11.3 Å². The Hall–Kier alpha value is -2.57. The van der Waals surface area contributed by atoms with Crippen molar-refractivity contribution in [3.8, 4) is 5.75 Å². The van der Waals surface area contributed by atoms with Gasteiger partial charge in [-0.2, -0.15) is 0 Å². The Balaban J connectivity index is 1.50. The lowest BCUT2D eigenvalue weighted by Gasteiger charge is -2.34. The Morgan fingerprint density at radius 1 is 1.11 bits per heavy atom. The smallest absolute Gasteiger partial charge is 0.252 e. The second-order valence-electron chi connectivity index (χ2n) is 10.3. The maximum atomic E-state index is 13.1. The summed E-state index contributed by atoms with van der Waals surface area (Å²) in [5.41, 5.74) is 1.31. The molecular weight excluding hydrogens is 462 g/mol. The highest BCUT2D eigenvalue weighted by Gasteiger charge is 2.33. The van der Waals surface area contributed by atoms with Crippen molar-refractivity contribution in [3.05, 3.63) is 64.7 Å². The SMILES string of the molecule is CCOc1cccc(C(=O)N[C@@H](C(=O)NCC2CCN(Cc3ccc(Cl)cc3)CC2)C(C)(C)C)c1. The van der Waals surface area contributed by atoms with E-state index in [1.54, 1.807) is 18.2 Å². The van der Waals surface area contributed by atoms with E-state index in [9.17, 15) is 9.59 Å². The molecule has 2 aromatic carbocycles. The zero-order chi connectivity index (χ0) is 25.4. The third-order valence-corrected chi connectivity index (χ3v) is 6.65. The van der Waals surface area contributed by atoms with Crippen LogP contribution >= 0.6 is 11.6 Å². The number of halogens is 1. The van der Waals surface area contributed by atoms with E-state index in [-0.39, 0.29) is 11.8 Å². The van der Waals surface area contributed by atoms with E-state index in [2.05, 4.69) is 27.7 Å². The zero-order valence-corrected chi connectivity index (χ0v) is 22.0. The summed E-state index contributed by atoms with van der Waals surface area (Å²) < 4.78 is 5.50. The molecule has 6 nitrogen and oxygen atoms in total. The third-order valence-electron chi connectivity index (χ3n) is 6.40. The highest BCUT2D eigenvalue weighted by molar-refractivity contribution is 6.30. The van der Waals surface area contributed by atoms with Gasteiger partial charge in [0.25, 0.3) is 5.91 Å². The highest BCUT2D eigenvalue weighted by atomic mass is 35.5. The van der Waals surface area contributed by atoms with Gasteiger partial charge in [0.1, 0.15) is 11.8 Å². The summed E-state index contributed by atoms with van der Waals surface area (Å²) in [6.45, 7) is 11.8. The Morgan fingerprint density at radius 3 is 2.43 bits per heavy atom. The molecule has 1 atom stereocenters. The average Bonchev–Trinajstić information content (AvgIpc) is 2.83. The molecule has 1 fully saturated rings. The maximum absolute atomic E-state index is 13.1. The van der Waals surface area contributed by atoms with Gasteiger partial charge >= 0.3 is 0 Å². The number of carbonyl (C=O) groups excluding carboxylic acids is 2. The number of amides is 2. The lowest BCUT2D eigenvalue weighted by atomic mass is 9.85. The van der Waals surface area contributed by atoms with Gasteiger partial charge in [-0.25, -0.2) is 0 Å². The first-order valence-corrected chi connectivity index (χ1v) is 12.8. The molecule has 1 heterocycles. The maximum Gasteiger partial charge on any atom is 0.252 e. The van der Waals surface area contributed by atoms with Gasteiger partial charge in [-0.3, -0.25) is 14.5 Å². The third kappa shape index (κ3) is 8.25. The van der Waals surface area contributed by atoms with Crippen molar-refractivity contribution in [3.63, 3.8) is 0 Å². The number of likely N-dealkylation sites (tertiary alicyclic amines) is 1. The molecule has 1 saturated heterocycles. The first-order valence-electron chi connectivity index (χ1n) is 12.4. The van der Waals surface area contributed by atoms with Gasteiger partial charge in [-0.05, 0) is 80.1 Å². The minimum absolute atomic E-state index is 0.143. The van der Waals surface area contributed by atoms with Crippen LogP contribution in [0.25, 0.3) is 0 Å². The van der Waals surface area contributed by atoms with Gasteiger partial charge in [0.05, 0.1) is 6.61 Å². The van der Waals surface area contributed by atoms with Crippen LogP contribution in [0.15, 0.2) is 48.5 Å². The van der Waals surface area contributed by atoms with Gasteiger partial charge in [0, 0.05) is 23.7 Å². The standard InChI is InChI=1S/C28H38ClN3O3/c1-5-35-24-8-6-7-22(17-24)26(33)31-25(28(2,3)4)27(34)30-18-20-13-15-32(16-14-20)19-21-9-11-23(29)12-10-21/h6-12,17,20,25H,5,13-16,18-19H2,1-4H3,(H,30,34)(H,31,33)/t25-/m0/s1. The van der Waals surface area contributed by atoms with Gasteiger partial charge < -0.3 is 15.4 Å². The molecule has 1 aliphatic heterocycles. The molecule has 0 saturated carbocycles. The number of carbonyl (C=O) groups is 2. The molecule has 0 spiro atoms. The van der Waals surface area contributed by atoms with Crippen molar-refractivity contribution in [1.29, 1.82) is 0 Å². The van der Waals surface area contributed by atoms with Crippen LogP contribution in [0.1, 0.15) is 56.5 Å². The highest BCUT2D eigenvalue weighted by Crippen LogP contribution is 2.22. The van der Waals surface area contributed by atoms with E-state index < -0.39 is 11.5 Å². The first-order chi connectivity index (χ1) is 16.7. The number of ether oxygens (including phenoxy) is 1. The Kier molecular flexibility index (Phi) is 9.58. The minimum atomic E-state index is -0.643. The monoisotopic (exact) mass is 499 g/mol. The summed E-state index contributed by atoms with van der Waals surface area (Å²) in [5, 5.41) is 6.81. The van der Waals surface area contributed by atoms with Gasteiger partial charge in [-0.1, -0.05) is 50.6 Å². The number of rotatable bonds is 9. The molecule has 3 rings (SSSR count). The Morgan fingerprint density at radius 2 is 1.80 bits per heavy atom. The molecule has 2 N–H and O–H groups in total. The minimum Gasteiger partial charge on any atom is -0.494 e. The summed E-state index contributed by atoms with van der Waals surface area (Å²) in [4.78, 5) is 28.5. The van der Waals surface area contributed by atoms with Crippen LogP contribution in [0.3, 0.4) is 0 Å². The van der Waals surface area contributed by atoms with E-state index in [4.69, 9.17) is 16.3 Å². The van der Waals surface area contributed by atoms with E-state index in [1.807, 2.05) is 45.9 Å². The fourth-order valence-corrected chi connectivity index (χ4v) is 4.45.